The topological polar surface area (TPSA) is 0 Å². The van der Waals surface area contributed by atoms with Crippen LogP contribution in [0.15, 0.2) is 18.2 Å². The first-order valence-electron chi connectivity index (χ1n) is 4.34. The molecule has 0 heterocycles. The van der Waals surface area contributed by atoms with Gasteiger partial charge in [0.2, 0.25) is 0 Å². The summed E-state index contributed by atoms with van der Waals surface area (Å²) < 4.78 is 0. The Bertz CT molecular complexity index is 333. The van der Waals surface area contributed by atoms with Crippen LogP contribution >= 0.6 is 11.6 Å². The number of benzene rings is 1. The van der Waals surface area contributed by atoms with Crippen molar-refractivity contribution >= 4 is 11.6 Å². The molecule has 1 rings (SSSR count). The van der Waals surface area contributed by atoms with Gasteiger partial charge < -0.3 is 0 Å². The van der Waals surface area contributed by atoms with Crippen molar-refractivity contribution in [1.29, 1.82) is 0 Å². The van der Waals surface area contributed by atoms with Gasteiger partial charge in [-0.25, -0.2) is 0 Å². The maximum absolute atomic E-state index is 5.91. The van der Waals surface area contributed by atoms with Crippen LogP contribution in [-0.4, -0.2) is 0 Å². The molecule has 1 aromatic carbocycles. The molecule has 0 nitrogen and oxygen atoms in total. The van der Waals surface area contributed by atoms with E-state index in [0.29, 0.717) is 5.92 Å². The maximum Gasteiger partial charge on any atom is 0.0435 e. The van der Waals surface area contributed by atoms with Gasteiger partial charge in [0, 0.05) is 10.9 Å². The Morgan fingerprint density at radius 2 is 2.23 bits per heavy atom. The van der Waals surface area contributed by atoms with Crippen molar-refractivity contribution in [1.82, 2.24) is 0 Å². The lowest BCUT2D eigenvalue weighted by molar-refractivity contribution is 0.751. The van der Waals surface area contributed by atoms with Crippen LogP contribution in [0.1, 0.15) is 18.1 Å². The van der Waals surface area contributed by atoms with Gasteiger partial charge in [0.15, 0.2) is 0 Å². The summed E-state index contributed by atoms with van der Waals surface area (Å²) in [6.45, 7) is 4.05. The molecule has 0 saturated carbocycles. The number of rotatable bonds is 2. The largest absolute Gasteiger partial charge is 0.120 e. The van der Waals surface area contributed by atoms with Gasteiger partial charge in [-0.15, -0.1) is 12.3 Å². The summed E-state index contributed by atoms with van der Waals surface area (Å²) >= 11 is 5.91. The van der Waals surface area contributed by atoms with Crippen molar-refractivity contribution in [3.05, 3.63) is 34.3 Å². The van der Waals surface area contributed by atoms with Gasteiger partial charge in [-0.3, -0.25) is 0 Å². The molecule has 1 aromatic rings. The molecule has 0 aliphatic carbocycles. The molecule has 0 fully saturated rings. The minimum atomic E-state index is 0.292. The zero-order valence-electron chi connectivity index (χ0n) is 7.97. The highest BCUT2D eigenvalue weighted by Crippen LogP contribution is 2.18. The molecule has 1 unspecified atom stereocenters. The van der Waals surface area contributed by atoms with Crippen LogP contribution in [0.2, 0.25) is 5.02 Å². The third kappa shape index (κ3) is 2.79. The Morgan fingerprint density at radius 3 is 2.77 bits per heavy atom. The van der Waals surface area contributed by atoms with E-state index in [2.05, 4.69) is 12.0 Å². The summed E-state index contributed by atoms with van der Waals surface area (Å²) in [6, 6.07) is 6.05. The molecule has 0 aliphatic heterocycles. The standard InChI is InChI=1S/C12H13Cl/c1-4-9(2)7-11-5-6-12(13)10(3)8-11/h1,5-6,8-9H,7H2,2-3H3. The van der Waals surface area contributed by atoms with Gasteiger partial charge in [0.1, 0.15) is 0 Å². The van der Waals surface area contributed by atoms with Crippen LogP contribution in [0, 0.1) is 25.2 Å². The van der Waals surface area contributed by atoms with Gasteiger partial charge in [-0.2, -0.15) is 0 Å². The average molecular weight is 193 g/mol. The second-order valence-corrected chi connectivity index (χ2v) is 3.76. The van der Waals surface area contributed by atoms with E-state index in [0.717, 1.165) is 17.0 Å². The molecule has 0 aromatic heterocycles. The minimum Gasteiger partial charge on any atom is -0.120 e. The van der Waals surface area contributed by atoms with Crippen molar-refractivity contribution in [2.75, 3.05) is 0 Å². The molecular weight excluding hydrogens is 180 g/mol. The van der Waals surface area contributed by atoms with Crippen LogP contribution in [0.25, 0.3) is 0 Å². The van der Waals surface area contributed by atoms with E-state index >= 15 is 0 Å². The fourth-order valence-corrected chi connectivity index (χ4v) is 1.36. The van der Waals surface area contributed by atoms with Crippen LogP contribution in [0.5, 0.6) is 0 Å². The van der Waals surface area contributed by atoms with Gasteiger partial charge in [-0.05, 0) is 30.5 Å². The van der Waals surface area contributed by atoms with Gasteiger partial charge >= 0.3 is 0 Å². The summed E-state index contributed by atoms with van der Waals surface area (Å²) in [5, 5.41) is 0.817. The highest BCUT2D eigenvalue weighted by atomic mass is 35.5. The number of aryl methyl sites for hydroxylation is 1. The van der Waals surface area contributed by atoms with Crippen molar-refractivity contribution < 1.29 is 0 Å². The number of hydrogen-bond acceptors (Lipinski definition) is 0. The molecule has 0 radical (unpaired) electrons. The van der Waals surface area contributed by atoms with E-state index in [9.17, 15) is 0 Å². The smallest absolute Gasteiger partial charge is 0.0435 e. The Labute approximate surface area is 84.9 Å². The fourth-order valence-electron chi connectivity index (χ4n) is 1.25. The quantitative estimate of drug-likeness (QED) is 0.630. The van der Waals surface area contributed by atoms with E-state index in [1.54, 1.807) is 0 Å². The predicted molar refractivity (Wildman–Crippen MR) is 57.9 cm³/mol. The highest BCUT2D eigenvalue weighted by Gasteiger charge is 2.01. The first kappa shape index (κ1) is 10.2. The number of terminal acetylenes is 1. The number of halogens is 1. The van der Waals surface area contributed by atoms with E-state index in [4.69, 9.17) is 18.0 Å². The molecule has 1 heteroatoms. The molecule has 0 amide bonds. The van der Waals surface area contributed by atoms with Crippen LogP contribution in [0.3, 0.4) is 0 Å². The van der Waals surface area contributed by atoms with Crippen molar-refractivity contribution in [3.8, 4) is 12.3 Å². The SMILES string of the molecule is C#CC(C)Cc1ccc(Cl)c(C)c1. The summed E-state index contributed by atoms with van der Waals surface area (Å²) in [5.74, 6) is 3.01. The molecule has 0 N–H and O–H groups in total. The third-order valence-corrected chi connectivity index (χ3v) is 2.47. The zero-order chi connectivity index (χ0) is 9.84. The Kier molecular flexibility index (Phi) is 3.39. The molecule has 13 heavy (non-hydrogen) atoms. The van der Waals surface area contributed by atoms with Crippen LogP contribution in [-0.2, 0) is 6.42 Å². The lowest BCUT2D eigenvalue weighted by Crippen LogP contribution is -1.96. The predicted octanol–water partition coefficient (Wildman–Crippen LogP) is 3.46. The summed E-state index contributed by atoms with van der Waals surface area (Å²) in [7, 11) is 0. The number of hydrogen-bond donors (Lipinski definition) is 0. The molecule has 0 bridgehead atoms. The highest BCUT2D eigenvalue weighted by molar-refractivity contribution is 6.31. The molecule has 68 valence electrons. The third-order valence-electron chi connectivity index (χ3n) is 2.05. The summed E-state index contributed by atoms with van der Waals surface area (Å²) in [6.07, 6.45) is 6.24. The first-order chi connectivity index (χ1) is 6.13. The second-order valence-electron chi connectivity index (χ2n) is 3.36. The van der Waals surface area contributed by atoms with E-state index in [-0.39, 0.29) is 0 Å². The average Bonchev–Trinajstić information content (AvgIpc) is 2.11. The maximum atomic E-state index is 5.91. The van der Waals surface area contributed by atoms with Crippen LogP contribution in [0.4, 0.5) is 0 Å². The monoisotopic (exact) mass is 192 g/mol. The second kappa shape index (κ2) is 4.35. The van der Waals surface area contributed by atoms with E-state index in [1.807, 2.05) is 26.0 Å². The lowest BCUT2D eigenvalue weighted by atomic mass is 10.0. The first-order valence-corrected chi connectivity index (χ1v) is 4.72. The van der Waals surface area contributed by atoms with Gasteiger partial charge in [0.05, 0.1) is 0 Å². The van der Waals surface area contributed by atoms with Crippen molar-refractivity contribution in [3.63, 3.8) is 0 Å². The molecular formula is C12H13Cl. The fraction of sp³-hybridized carbons (Fsp3) is 0.333. The lowest BCUT2D eigenvalue weighted by Gasteiger charge is -2.05. The Morgan fingerprint density at radius 1 is 1.54 bits per heavy atom. The molecule has 1 atom stereocenters. The Hall–Kier alpha value is -0.930. The summed E-state index contributed by atoms with van der Waals surface area (Å²) in [5.41, 5.74) is 2.37. The molecule has 0 saturated heterocycles. The zero-order valence-corrected chi connectivity index (χ0v) is 8.73. The normalized spacial score (nSPS) is 12.2. The molecule has 0 spiro atoms. The van der Waals surface area contributed by atoms with Gasteiger partial charge in [0.25, 0.3) is 0 Å². The van der Waals surface area contributed by atoms with E-state index < -0.39 is 0 Å². The minimum absolute atomic E-state index is 0.292. The Balaban J connectivity index is 2.81. The van der Waals surface area contributed by atoms with Crippen molar-refractivity contribution in [2.45, 2.75) is 20.3 Å². The van der Waals surface area contributed by atoms with Gasteiger partial charge in [-0.1, -0.05) is 30.7 Å². The van der Waals surface area contributed by atoms with Crippen molar-refractivity contribution in [2.24, 2.45) is 5.92 Å². The molecule has 0 aliphatic rings. The van der Waals surface area contributed by atoms with E-state index in [1.165, 1.54) is 5.56 Å². The van der Waals surface area contributed by atoms with Crippen LogP contribution < -0.4 is 0 Å². The summed E-state index contributed by atoms with van der Waals surface area (Å²) in [4.78, 5) is 0.